The molecule has 30 heavy (non-hydrogen) atoms. The van der Waals surface area contributed by atoms with Gasteiger partial charge in [-0.15, -0.1) is 0 Å². The molecule has 9 nitrogen and oxygen atoms in total. The van der Waals surface area contributed by atoms with Crippen molar-refractivity contribution < 1.29 is 22.5 Å². The van der Waals surface area contributed by atoms with Crippen molar-refractivity contribution in [3.63, 3.8) is 0 Å². The average molecular weight is 420 g/mol. The zero-order valence-electron chi connectivity index (χ0n) is 15.4. The number of rotatable bonds is 3. The van der Waals surface area contributed by atoms with Gasteiger partial charge in [0, 0.05) is 30.8 Å². The van der Waals surface area contributed by atoms with E-state index in [1.807, 2.05) is 0 Å². The van der Waals surface area contributed by atoms with Crippen LogP contribution < -0.4 is 5.56 Å². The number of carbonyl (C=O) groups excluding carboxylic acids is 1. The van der Waals surface area contributed by atoms with E-state index in [0.717, 1.165) is 0 Å². The van der Waals surface area contributed by atoms with Crippen molar-refractivity contribution in [1.82, 2.24) is 30.2 Å². The number of amides is 1. The lowest BCUT2D eigenvalue weighted by molar-refractivity contribution is -0.159. The van der Waals surface area contributed by atoms with E-state index in [-0.39, 0.29) is 34.6 Å². The van der Waals surface area contributed by atoms with Gasteiger partial charge in [-0.3, -0.25) is 9.59 Å². The van der Waals surface area contributed by atoms with E-state index in [9.17, 15) is 22.8 Å². The van der Waals surface area contributed by atoms with Gasteiger partial charge in [0.25, 0.3) is 11.5 Å². The Morgan fingerprint density at radius 3 is 2.53 bits per heavy atom. The maximum atomic E-state index is 12.7. The second-order valence-electron chi connectivity index (χ2n) is 6.74. The zero-order chi connectivity index (χ0) is 21.3. The molecule has 0 aliphatic carbocycles. The number of piperidine rings is 1. The lowest BCUT2D eigenvalue weighted by Gasteiger charge is -2.31. The molecule has 0 spiro atoms. The predicted molar refractivity (Wildman–Crippen MR) is 95.3 cm³/mol. The van der Waals surface area contributed by atoms with Crippen LogP contribution in [0.25, 0.3) is 11.5 Å². The smallest absolute Gasteiger partial charge is 0.337 e. The topological polar surface area (TPSA) is 118 Å². The van der Waals surface area contributed by atoms with E-state index >= 15 is 0 Å². The van der Waals surface area contributed by atoms with Gasteiger partial charge >= 0.3 is 12.1 Å². The van der Waals surface area contributed by atoms with Gasteiger partial charge in [0.05, 0.1) is 0 Å². The first kappa shape index (κ1) is 19.7. The Morgan fingerprint density at radius 2 is 1.90 bits per heavy atom. The lowest BCUT2D eigenvalue weighted by atomic mass is 9.92. The highest BCUT2D eigenvalue weighted by molar-refractivity contribution is 5.92. The molecule has 1 amide bonds. The SMILES string of the molecule is O=C(c1ccc(=O)[nH]n1)N1CCC(c2cccc(-c3noc(C(F)(F)F)n3)n2)CC1. The first-order valence-corrected chi connectivity index (χ1v) is 9.04. The first-order valence-electron chi connectivity index (χ1n) is 9.04. The van der Waals surface area contributed by atoms with Crippen molar-refractivity contribution >= 4 is 5.91 Å². The van der Waals surface area contributed by atoms with Gasteiger partial charge in [-0.05, 0) is 31.0 Å². The molecule has 1 aliphatic heterocycles. The van der Waals surface area contributed by atoms with Crippen LogP contribution in [0.5, 0.6) is 0 Å². The number of hydrogen-bond donors (Lipinski definition) is 1. The number of H-pyrrole nitrogens is 1. The number of aromatic nitrogens is 5. The molecular weight excluding hydrogens is 405 g/mol. The highest BCUT2D eigenvalue weighted by Gasteiger charge is 2.38. The molecule has 4 heterocycles. The fraction of sp³-hybridized carbons (Fsp3) is 0.333. The molecule has 3 aromatic heterocycles. The summed E-state index contributed by atoms with van der Waals surface area (Å²) in [5.74, 6) is -1.92. The number of likely N-dealkylation sites (tertiary alicyclic amines) is 1. The summed E-state index contributed by atoms with van der Waals surface area (Å²) < 4.78 is 42.2. The van der Waals surface area contributed by atoms with Gasteiger partial charge < -0.3 is 9.42 Å². The van der Waals surface area contributed by atoms with E-state index in [4.69, 9.17) is 0 Å². The number of nitrogens with one attached hydrogen (secondary N) is 1. The van der Waals surface area contributed by atoms with E-state index in [2.05, 4.69) is 29.8 Å². The Morgan fingerprint density at radius 1 is 1.13 bits per heavy atom. The second kappa shape index (κ2) is 7.69. The fourth-order valence-electron chi connectivity index (χ4n) is 3.25. The molecule has 0 unspecified atom stereocenters. The van der Waals surface area contributed by atoms with E-state index in [0.29, 0.717) is 31.6 Å². The number of halogens is 3. The van der Waals surface area contributed by atoms with Gasteiger partial charge in [0.15, 0.2) is 0 Å². The van der Waals surface area contributed by atoms with Crippen LogP contribution in [0.2, 0.25) is 0 Å². The van der Waals surface area contributed by atoms with Crippen LogP contribution >= 0.6 is 0 Å². The molecule has 0 aromatic carbocycles. The van der Waals surface area contributed by atoms with Crippen molar-refractivity contribution in [1.29, 1.82) is 0 Å². The quantitative estimate of drug-likeness (QED) is 0.690. The summed E-state index contributed by atoms with van der Waals surface area (Å²) in [7, 11) is 0. The van der Waals surface area contributed by atoms with E-state index < -0.39 is 12.1 Å². The van der Waals surface area contributed by atoms with Gasteiger partial charge in [0.1, 0.15) is 11.4 Å². The van der Waals surface area contributed by atoms with Gasteiger partial charge in [-0.25, -0.2) is 10.1 Å². The molecule has 1 N–H and O–H groups in total. The number of hydrogen-bond acceptors (Lipinski definition) is 7. The monoisotopic (exact) mass is 420 g/mol. The van der Waals surface area contributed by atoms with Crippen molar-refractivity contribution in [3.05, 3.63) is 58.0 Å². The number of pyridine rings is 1. The van der Waals surface area contributed by atoms with Gasteiger partial charge in [0.2, 0.25) is 5.82 Å². The highest BCUT2D eigenvalue weighted by Crippen LogP contribution is 2.31. The third kappa shape index (κ3) is 4.07. The van der Waals surface area contributed by atoms with Crippen molar-refractivity contribution in [2.75, 3.05) is 13.1 Å². The number of alkyl halides is 3. The van der Waals surface area contributed by atoms with Crippen LogP contribution in [0.4, 0.5) is 13.2 Å². The summed E-state index contributed by atoms with van der Waals surface area (Å²) in [5.41, 5.74) is 0.633. The summed E-state index contributed by atoms with van der Waals surface area (Å²) in [6, 6.07) is 7.57. The average Bonchev–Trinajstić information content (AvgIpc) is 3.25. The molecule has 3 aromatic rings. The van der Waals surface area contributed by atoms with Crippen LogP contribution in [0, 0.1) is 0 Å². The van der Waals surface area contributed by atoms with Gasteiger partial charge in [-0.2, -0.15) is 23.3 Å². The molecule has 156 valence electrons. The summed E-state index contributed by atoms with van der Waals surface area (Å²) in [6.45, 7) is 0.910. The molecule has 1 saturated heterocycles. The summed E-state index contributed by atoms with van der Waals surface area (Å²) >= 11 is 0. The lowest BCUT2D eigenvalue weighted by Crippen LogP contribution is -2.38. The number of carbonyl (C=O) groups is 1. The van der Waals surface area contributed by atoms with Crippen molar-refractivity contribution in [2.24, 2.45) is 0 Å². The van der Waals surface area contributed by atoms with Crippen molar-refractivity contribution in [2.45, 2.75) is 24.9 Å². The minimum absolute atomic E-state index is 0.0199. The number of nitrogens with zero attached hydrogens (tertiary/aromatic N) is 5. The van der Waals surface area contributed by atoms with Gasteiger partial charge in [-0.1, -0.05) is 11.2 Å². The molecule has 1 aliphatic rings. The summed E-state index contributed by atoms with van der Waals surface area (Å²) in [6.07, 6.45) is -3.49. The largest absolute Gasteiger partial charge is 0.471 e. The van der Waals surface area contributed by atoms with Crippen LogP contribution in [-0.4, -0.2) is 49.2 Å². The Hall–Kier alpha value is -3.57. The Balaban J connectivity index is 1.44. The molecule has 0 bridgehead atoms. The third-order valence-electron chi connectivity index (χ3n) is 4.77. The Labute approximate surface area is 166 Å². The first-order chi connectivity index (χ1) is 14.3. The van der Waals surface area contributed by atoms with Crippen LogP contribution in [0.1, 0.15) is 40.8 Å². The summed E-state index contributed by atoms with van der Waals surface area (Å²) in [4.78, 5) is 33.0. The molecule has 0 radical (unpaired) electrons. The maximum Gasteiger partial charge on any atom is 0.471 e. The molecule has 1 fully saturated rings. The number of aromatic amines is 1. The second-order valence-corrected chi connectivity index (χ2v) is 6.74. The zero-order valence-corrected chi connectivity index (χ0v) is 15.4. The summed E-state index contributed by atoms with van der Waals surface area (Å²) in [5, 5.41) is 9.35. The van der Waals surface area contributed by atoms with Crippen LogP contribution in [0.3, 0.4) is 0 Å². The van der Waals surface area contributed by atoms with E-state index in [1.54, 1.807) is 17.0 Å². The van der Waals surface area contributed by atoms with Crippen LogP contribution in [-0.2, 0) is 6.18 Å². The molecule has 4 rings (SSSR count). The molecule has 0 atom stereocenters. The Bertz CT molecular complexity index is 1100. The normalized spacial score (nSPS) is 15.4. The minimum atomic E-state index is -4.72. The third-order valence-corrected chi connectivity index (χ3v) is 4.77. The molecule has 12 heteroatoms. The standard InChI is InChI=1S/C18H15F3N6O3/c19-18(20,21)17-23-15(26-30-17)12-3-1-2-11(22-12)10-6-8-27(9-7-10)16(29)13-4-5-14(28)25-24-13/h1-5,10H,6-9H2,(H,25,28). The van der Waals surface area contributed by atoms with E-state index in [1.165, 1.54) is 18.2 Å². The molecule has 0 saturated carbocycles. The predicted octanol–water partition coefficient (Wildman–Crippen LogP) is 2.25. The fourth-order valence-corrected chi connectivity index (χ4v) is 3.25. The molecular formula is C18H15F3N6O3. The van der Waals surface area contributed by atoms with Crippen LogP contribution in [0.15, 0.2) is 39.6 Å². The highest BCUT2D eigenvalue weighted by atomic mass is 19.4. The Kier molecular flexibility index (Phi) is 5.06. The van der Waals surface area contributed by atoms with Crippen molar-refractivity contribution in [3.8, 4) is 11.5 Å². The minimum Gasteiger partial charge on any atom is -0.337 e. The maximum absolute atomic E-state index is 12.7.